The lowest BCUT2D eigenvalue weighted by Crippen LogP contribution is -2.54. The Balaban J connectivity index is 1.68. The molecule has 0 aliphatic heterocycles. The average molecular weight is 880 g/mol. The van der Waals surface area contributed by atoms with Crippen LogP contribution in [0.1, 0.15) is 138 Å². The molecule has 0 aliphatic carbocycles. The van der Waals surface area contributed by atoms with Gasteiger partial charge < -0.3 is 37.7 Å². The van der Waals surface area contributed by atoms with Gasteiger partial charge in [-0.15, -0.1) is 0 Å². The van der Waals surface area contributed by atoms with Gasteiger partial charge in [-0.2, -0.15) is 0 Å². The molecule has 3 heterocycles. The third-order valence-corrected chi connectivity index (χ3v) is 11.9. The molecule has 1 atom stereocenters. The molecule has 0 fully saturated rings. The number of aromatic nitrogens is 4. The van der Waals surface area contributed by atoms with E-state index < -0.39 is 66.0 Å². The first kappa shape index (κ1) is 50.9. The summed E-state index contributed by atoms with van der Waals surface area (Å²) in [5.74, 6) is -2.63. The minimum absolute atomic E-state index is 0.0674. The second-order valence-corrected chi connectivity index (χ2v) is 19.3. The molecule has 3 N–H and O–H groups in total. The quantitative estimate of drug-likeness (QED) is 0.0297. The minimum Gasteiger partial charge on any atom is -0.464 e. The van der Waals surface area contributed by atoms with Gasteiger partial charge in [0.2, 0.25) is 13.4 Å². The van der Waals surface area contributed by atoms with Crippen LogP contribution in [0.4, 0.5) is 5.82 Å². The van der Waals surface area contributed by atoms with Crippen LogP contribution in [0.15, 0.2) is 26.3 Å². The van der Waals surface area contributed by atoms with Crippen LogP contribution in [0.3, 0.4) is 0 Å². The van der Waals surface area contributed by atoms with Crippen molar-refractivity contribution >= 4 is 48.2 Å². The smallest absolute Gasteiger partial charge is 0.464 e. The van der Waals surface area contributed by atoms with Crippen molar-refractivity contribution in [1.82, 2.24) is 29.7 Å². The Bertz CT molecular complexity index is 1980. The molecule has 3 aromatic heterocycles. The van der Waals surface area contributed by atoms with E-state index in [-0.39, 0.29) is 56.5 Å². The number of unbranched alkanes of at least 4 members (excludes halogenated alkanes) is 6. The van der Waals surface area contributed by atoms with Gasteiger partial charge in [0.15, 0.2) is 35.1 Å². The third kappa shape index (κ3) is 16.7. The molecule has 61 heavy (non-hydrogen) atoms. The Kier molecular flexibility index (Phi) is 19.3. The molecule has 19 nitrogen and oxygen atoms in total. The number of anilines is 1. The van der Waals surface area contributed by atoms with E-state index in [1.807, 2.05) is 0 Å². The van der Waals surface area contributed by atoms with Crippen molar-refractivity contribution in [2.24, 2.45) is 5.41 Å². The zero-order valence-corrected chi connectivity index (χ0v) is 38.4. The van der Waals surface area contributed by atoms with Crippen LogP contribution < -0.4 is 21.3 Å². The predicted molar refractivity (Wildman–Crippen MR) is 226 cm³/mol. The number of imidazole rings is 1. The fourth-order valence-electron chi connectivity index (χ4n) is 6.27. The number of carbonyl (C=O) groups excluding carboxylic acids is 4. The molecule has 0 aliphatic rings. The van der Waals surface area contributed by atoms with Crippen LogP contribution in [0.5, 0.6) is 0 Å². The molecular weight excluding hydrogens is 813 g/mol. The monoisotopic (exact) mass is 879 g/mol. The molecule has 0 saturated carbocycles. The van der Waals surface area contributed by atoms with Crippen LogP contribution in [0, 0.1) is 12.3 Å². The third-order valence-electron chi connectivity index (χ3n) is 9.52. The number of nitrogens with zero attached hydrogens (tertiary/aromatic N) is 4. The van der Waals surface area contributed by atoms with E-state index in [0.717, 1.165) is 38.5 Å². The highest BCUT2D eigenvalue weighted by Crippen LogP contribution is 2.42. The summed E-state index contributed by atoms with van der Waals surface area (Å²) < 4.78 is 48.5. The molecule has 20 heteroatoms. The van der Waals surface area contributed by atoms with E-state index in [4.69, 9.17) is 27.8 Å². The van der Waals surface area contributed by atoms with E-state index in [9.17, 15) is 28.5 Å². The van der Waals surface area contributed by atoms with Crippen LogP contribution in [-0.4, -0.2) is 80.1 Å². The predicted octanol–water partition coefficient (Wildman–Crippen LogP) is 6.71. The van der Waals surface area contributed by atoms with Crippen LogP contribution >= 0.6 is 7.44 Å². The number of nitrogens with one attached hydrogen (secondary N) is 3. The van der Waals surface area contributed by atoms with Gasteiger partial charge in [0, 0.05) is 6.42 Å². The molecule has 342 valence electrons. The van der Waals surface area contributed by atoms with E-state index in [1.54, 1.807) is 53.0 Å². The number of rotatable bonds is 28. The first-order valence-corrected chi connectivity index (χ1v) is 22.8. The van der Waals surface area contributed by atoms with Gasteiger partial charge in [0.1, 0.15) is 23.8 Å². The molecule has 1 amide bonds. The molecule has 0 radical (unpaired) electrons. The average Bonchev–Trinajstić information content (AvgIpc) is 3.72. The number of hydrogen-bond donors (Lipinski definition) is 3. The van der Waals surface area contributed by atoms with Gasteiger partial charge in [-0.25, -0.2) is 29.9 Å². The van der Waals surface area contributed by atoms with Gasteiger partial charge in [-0.1, -0.05) is 66.2 Å². The summed E-state index contributed by atoms with van der Waals surface area (Å²) in [6, 6.07) is 0. The number of ether oxygens (including phenoxy) is 4. The topological polar surface area (TPSA) is 245 Å². The van der Waals surface area contributed by atoms with E-state index in [1.165, 1.54) is 19.6 Å². The summed E-state index contributed by atoms with van der Waals surface area (Å²) in [7, 11) is -3.90. The van der Waals surface area contributed by atoms with E-state index in [2.05, 4.69) is 44.3 Å². The summed E-state index contributed by atoms with van der Waals surface area (Å²) in [4.78, 5) is 76.4. The Morgan fingerprint density at radius 3 is 1.95 bits per heavy atom. The molecule has 3 rings (SSSR count). The number of fused-ring (bicyclic) bond motifs is 1. The van der Waals surface area contributed by atoms with Crippen molar-refractivity contribution in [3.8, 4) is 0 Å². The van der Waals surface area contributed by atoms with Crippen LogP contribution in [0.25, 0.3) is 11.2 Å². The summed E-state index contributed by atoms with van der Waals surface area (Å²) in [6.07, 6.45) is 8.98. The normalized spacial score (nSPS) is 13.0. The molecular formula is C41H66N7O12P. The van der Waals surface area contributed by atoms with E-state index in [0.29, 0.717) is 24.0 Å². The highest BCUT2D eigenvalue weighted by atomic mass is 31.2. The largest absolute Gasteiger partial charge is 0.519 e. The van der Waals surface area contributed by atoms with Crippen molar-refractivity contribution in [1.29, 1.82) is 0 Å². The Morgan fingerprint density at radius 1 is 0.820 bits per heavy atom. The lowest BCUT2D eigenvalue weighted by Gasteiger charge is -2.35. The Morgan fingerprint density at radius 2 is 1.41 bits per heavy atom. The summed E-state index contributed by atoms with van der Waals surface area (Å²) >= 11 is 0. The SMILES string of the molecule is CCCCCCOC(=O)C(C)(C)NP(=O)(CO[C@H](C)Cn1cnc2c(NC(=O)CC(C)(C)CC(=O)OCc3oc(=O)oc3C)ncnc21)NC(C)(C)C(=O)OCCCCCC. The number of aryl methyl sites for hydroxylation is 1. The highest BCUT2D eigenvalue weighted by Gasteiger charge is 2.43. The van der Waals surface area contributed by atoms with E-state index >= 15 is 0 Å². The number of carbonyl (C=O) groups is 4. The van der Waals surface area contributed by atoms with Crippen molar-refractivity contribution in [2.45, 2.75) is 164 Å². The Labute approximate surface area is 357 Å². The number of amides is 1. The Hall–Kier alpha value is -4.45. The molecule has 3 aromatic rings. The maximum atomic E-state index is 14.7. The molecule has 0 aromatic carbocycles. The zero-order chi connectivity index (χ0) is 45.4. The highest BCUT2D eigenvalue weighted by molar-refractivity contribution is 7.59. The second-order valence-electron chi connectivity index (χ2n) is 17.2. The lowest BCUT2D eigenvalue weighted by molar-refractivity contribution is -0.150. The summed E-state index contributed by atoms with van der Waals surface area (Å²) in [6.45, 7) is 17.5. The first-order chi connectivity index (χ1) is 28.6. The number of esters is 3. The van der Waals surface area contributed by atoms with Crippen molar-refractivity contribution in [2.75, 3.05) is 24.9 Å². The zero-order valence-electron chi connectivity index (χ0n) is 37.5. The molecule has 0 saturated heterocycles. The van der Waals surface area contributed by atoms with Gasteiger partial charge in [0.25, 0.3) is 0 Å². The minimum atomic E-state index is -3.90. The van der Waals surface area contributed by atoms with Crippen molar-refractivity contribution < 1.29 is 51.5 Å². The molecule has 0 bridgehead atoms. The summed E-state index contributed by atoms with van der Waals surface area (Å²) in [5, 5.41) is 8.64. The molecule has 0 spiro atoms. The molecule has 0 unspecified atom stereocenters. The standard InChI is InChI=1S/C41H66N7O12P/c1-11-13-15-17-19-55-36(51)40(7,8)46-61(54,47-41(9,10)37(52)56-20-18-16-14-12-2)27-58-28(3)23-48-26-44-33-34(42-25-43-35(33)48)45-31(49)21-39(5,6)22-32(50)57-24-30-29(4)59-38(53)60-30/h25-26,28H,11-24,27H2,1-10H3,(H2,46,47,54)(H,42,43,45,49)/t28-/m1/s1. The van der Waals surface area contributed by atoms with Gasteiger partial charge in [-0.3, -0.25) is 23.7 Å². The maximum absolute atomic E-state index is 14.7. The maximum Gasteiger partial charge on any atom is 0.519 e. The fourth-order valence-corrected chi connectivity index (χ4v) is 8.91. The van der Waals surface area contributed by atoms with Crippen molar-refractivity contribution in [3.05, 3.63) is 34.8 Å². The lowest BCUT2D eigenvalue weighted by atomic mass is 9.85. The van der Waals surface area contributed by atoms with Crippen molar-refractivity contribution in [3.63, 3.8) is 0 Å². The fraction of sp³-hybridized carbons (Fsp3) is 0.707. The van der Waals surface area contributed by atoms with Gasteiger partial charge >= 0.3 is 23.7 Å². The van der Waals surface area contributed by atoms with Crippen LogP contribution in [-0.2, 0) is 55.8 Å². The van der Waals surface area contributed by atoms with Crippen LogP contribution in [0.2, 0.25) is 0 Å². The van der Waals surface area contributed by atoms with Gasteiger partial charge in [0.05, 0.1) is 38.6 Å². The second kappa shape index (κ2) is 23.1. The van der Waals surface area contributed by atoms with Gasteiger partial charge in [-0.05, 0) is 59.8 Å². The number of hydrogen-bond acceptors (Lipinski definition) is 15. The summed E-state index contributed by atoms with van der Waals surface area (Å²) in [5.41, 5.74) is -2.97. The first-order valence-electron chi connectivity index (χ1n) is 20.9.